The van der Waals surface area contributed by atoms with Crippen molar-refractivity contribution in [1.82, 2.24) is 9.97 Å². The summed E-state index contributed by atoms with van der Waals surface area (Å²) in [5.74, 6) is 0. The van der Waals surface area contributed by atoms with Gasteiger partial charge in [0, 0.05) is 23.9 Å². The Kier molecular flexibility index (Phi) is 15.0. The third-order valence-electron chi connectivity index (χ3n) is 4.67. The van der Waals surface area contributed by atoms with E-state index in [1.54, 1.807) is 19.4 Å². The number of halogens is 7. The average molecular weight is 608 g/mol. The molecule has 0 N–H and O–H groups in total. The molecule has 0 aliphatic rings. The zero-order valence-corrected chi connectivity index (χ0v) is 22.3. The van der Waals surface area contributed by atoms with Crippen molar-refractivity contribution < 1.29 is 26.5 Å². The number of pyridine rings is 2. The molecule has 37 heavy (non-hydrogen) atoms. The van der Waals surface area contributed by atoms with Gasteiger partial charge in [-0.15, -0.1) is 4.36 Å². The summed E-state index contributed by atoms with van der Waals surface area (Å²) < 4.78 is 69.9. The van der Waals surface area contributed by atoms with Crippen LogP contribution < -0.4 is 0 Å². The smallest absolute Gasteiger partial charge is 0.269 e. The summed E-state index contributed by atoms with van der Waals surface area (Å²) in [5, 5.41) is 9.24. The maximum Gasteiger partial charge on any atom is 0.364 e. The molecular weight excluding hydrogens is 582 g/mol. The van der Waals surface area contributed by atoms with Gasteiger partial charge in [0.05, 0.1) is 15.0 Å². The van der Waals surface area contributed by atoms with Crippen molar-refractivity contribution in [2.24, 2.45) is 8.73 Å². The van der Waals surface area contributed by atoms with Gasteiger partial charge in [-0.05, 0) is 66.6 Å². The lowest BCUT2D eigenvalue weighted by Crippen LogP contribution is -2.10. The molecule has 206 valence electrons. The van der Waals surface area contributed by atoms with Crippen molar-refractivity contribution in [3.8, 4) is 12.4 Å². The van der Waals surface area contributed by atoms with Crippen LogP contribution in [0.15, 0.2) is 45.4 Å². The zero-order chi connectivity index (χ0) is 27.0. The van der Waals surface area contributed by atoms with E-state index in [2.05, 4.69) is 18.7 Å². The van der Waals surface area contributed by atoms with Gasteiger partial charge in [-0.1, -0.05) is 30.3 Å². The normalized spacial score (nSPS) is 15.0. The standard InChI is InChI=1S/C10H10ClF2N3OS.C10H10ClF2N3S.CH4.FH/c1-7(18(2,17)16-6-14)8-3-4-9(15-5-8)10(11,12)13;1-7(17(2)16-6-14)8-3-4-9(15-5-8)10(11,12)13;;/h3-5,7H,1-2H3;3-5,7H,1-2H3;1H4;1H. The van der Waals surface area contributed by atoms with Crippen molar-refractivity contribution in [2.75, 3.05) is 12.5 Å². The molecule has 7 nitrogen and oxygen atoms in total. The van der Waals surface area contributed by atoms with Crippen molar-refractivity contribution in [2.45, 2.75) is 42.5 Å². The molecule has 0 fully saturated rings. The third kappa shape index (κ3) is 11.3. The van der Waals surface area contributed by atoms with Gasteiger partial charge in [-0.25, -0.2) is 4.21 Å². The highest BCUT2D eigenvalue weighted by Crippen LogP contribution is 2.32. The first-order chi connectivity index (χ1) is 16.0. The first-order valence-electron chi connectivity index (χ1n) is 9.44. The van der Waals surface area contributed by atoms with Gasteiger partial charge >= 0.3 is 10.8 Å². The van der Waals surface area contributed by atoms with E-state index in [1.807, 2.05) is 6.92 Å². The fourth-order valence-corrected chi connectivity index (χ4v) is 4.39. The highest BCUT2D eigenvalue weighted by atomic mass is 35.5. The topological polar surface area (TPSA) is 115 Å². The summed E-state index contributed by atoms with van der Waals surface area (Å²) in [6.07, 6.45) is 8.84. The van der Waals surface area contributed by atoms with Crippen molar-refractivity contribution >= 4 is 43.6 Å². The second-order valence-corrected chi connectivity index (χ2v) is 12.5. The molecule has 0 aromatic carbocycles. The Labute approximate surface area is 225 Å². The van der Waals surface area contributed by atoms with E-state index in [0.717, 1.165) is 17.8 Å². The van der Waals surface area contributed by atoms with Crippen LogP contribution >= 0.6 is 23.2 Å². The van der Waals surface area contributed by atoms with Crippen molar-refractivity contribution in [1.29, 1.82) is 10.5 Å². The molecule has 2 aromatic rings. The maximum absolute atomic E-state index is 12.7. The van der Waals surface area contributed by atoms with Crippen LogP contribution in [-0.2, 0) is 31.2 Å². The Morgan fingerprint density at radius 1 is 0.973 bits per heavy atom. The summed E-state index contributed by atoms with van der Waals surface area (Å²) >= 11 is 9.66. The summed E-state index contributed by atoms with van der Waals surface area (Å²) in [4.78, 5) is 7.12. The number of rotatable bonds is 6. The summed E-state index contributed by atoms with van der Waals surface area (Å²) in [5.41, 5.74) is 0.133. The number of hydrogen-bond donors (Lipinski definition) is 0. The lowest BCUT2D eigenvalue weighted by molar-refractivity contribution is 0.0894. The monoisotopic (exact) mass is 606 g/mol. The third-order valence-corrected chi connectivity index (χ3v) is 8.75. The molecule has 2 heterocycles. The van der Waals surface area contributed by atoms with Crippen LogP contribution in [-0.4, -0.2) is 26.7 Å². The molecule has 4 atom stereocenters. The molecule has 0 saturated carbocycles. The Morgan fingerprint density at radius 3 is 1.73 bits per heavy atom. The van der Waals surface area contributed by atoms with Crippen LogP contribution in [0.5, 0.6) is 0 Å². The number of hydrogen-bond acceptors (Lipinski definition) is 7. The SMILES string of the molecule is C.CC(c1ccc(C(F)(F)Cl)nc1)S(C)(=O)=NC#N.CC(c1ccc(C(F)(F)Cl)nc1)S(C)=NC#N.F. The first-order valence-corrected chi connectivity index (χ1v) is 13.8. The fourth-order valence-electron chi connectivity index (χ4n) is 2.38. The van der Waals surface area contributed by atoms with Gasteiger partial charge in [0.2, 0.25) is 12.4 Å². The highest BCUT2D eigenvalue weighted by Gasteiger charge is 2.30. The molecule has 2 rings (SSSR count). The Bertz CT molecular complexity index is 1250. The van der Waals surface area contributed by atoms with E-state index in [-0.39, 0.29) is 17.4 Å². The molecule has 0 spiro atoms. The van der Waals surface area contributed by atoms with E-state index < -0.39 is 47.8 Å². The van der Waals surface area contributed by atoms with Gasteiger partial charge in [-0.2, -0.15) is 32.4 Å². The van der Waals surface area contributed by atoms with E-state index in [9.17, 15) is 21.8 Å². The number of nitrogens with zero attached hydrogens (tertiary/aromatic N) is 6. The lowest BCUT2D eigenvalue weighted by atomic mass is 10.2. The van der Waals surface area contributed by atoms with Crippen molar-refractivity contribution in [3.05, 3.63) is 59.2 Å². The predicted octanol–water partition coefficient (Wildman–Crippen LogP) is 7.14. The van der Waals surface area contributed by atoms with Gasteiger partial charge in [-0.3, -0.25) is 14.7 Å². The molecule has 0 aliphatic heterocycles. The largest absolute Gasteiger partial charge is 0.364 e. The number of aromatic nitrogens is 2. The quantitative estimate of drug-likeness (QED) is 0.197. The van der Waals surface area contributed by atoms with Gasteiger partial charge < -0.3 is 0 Å². The van der Waals surface area contributed by atoms with E-state index in [1.165, 1.54) is 36.8 Å². The van der Waals surface area contributed by atoms with Gasteiger partial charge in [0.15, 0.2) is 0 Å². The molecule has 0 saturated heterocycles. The van der Waals surface area contributed by atoms with Crippen LogP contribution in [0.3, 0.4) is 0 Å². The highest BCUT2D eigenvalue weighted by molar-refractivity contribution is 7.93. The molecule has 4 unspecified atom stereocenters. The van der Waals surface area contributed by atoms with E-state index in [4.69, 9.17) is 33.7 Å². The van der Waals surface area contributed by atoms with Gasteiger partial charge in [0.25, 0.3) is 0 Å². The minimum Gasteiger partial charge on any atom is -0.269 e. The first kappa shape index (κ1) is 36.8. The summed E-state index contributed by atoms with van der Waals surface area (Å²) in [7, 11) is -3.25. The minimum atomic E-state index is -3.54. The van der Waals surface area contributed by atoms with Crippen LogP contribution in [0.4, 0.5) is 22.3 Å². The molecular formula is C21H25Cl2F5N6OS2. The minimum absolute atomic E-state index is 0. The predicted molar refractivity (Wildman–Crippen MR) is 137 cm³/mol. The number of nitriles is 2. The molecule has 2 aromatic heterocycles. The van der Waals surface area contributed by atoms with Crippen LogP contribution in [0.1, 0.15) is 54.3 Å². The summed E-state index contributed by atoms with van der Waals surface area (Å²) in [6, 6.07) is 5.11. The lowest BCUT2D eigenvalue weighted by Gasteiger charge is -2.13. The fraction of sp³-hybridized carbons (Fsp3) is 0.429. The molecule has 16 heteroatoms. The van der Waals surface area contributed by atoms with E-state index >= 15 is 0 Å². The Hall–Kier alpha value is -2.39. The Balaban J connectivity index is 0. The molecule has 0 aliphatic carbocycles. The second kappa shape index (κ2) is 15.1. The van der Waals surface area contributed by atoms with Crippen molar-refractivity contribution in [3.63, 3.8) is 0 Å². The number of alkyl halides is 6. The zero-order valence-electron chi connectivity index (χ0n) is 19.2. The van der Waals surface area contributed by atoms with Crippen LogP contribution in [0.2, 0.25) is 0 Å². The summed E-state index contributed by atoms with van der Waals surface area (Å²) in [6.45, 7) is 3.44. The molecule has 0 radical (unpaired) electrons. The molecule has 0 amide bonds. The Morgan fingerprint density at radius 2 is 1.41 bits per heavy atom. The second-order valence-electron chi connectivity index (χ2n) is 7.00. The average Bonchev–Trinajstić information content (AvgIpc) is 2.77. The van der Waals surface area contributed by atoms with Crippen LogP contribution in [0.25, 0.3) is 0 Å². The van der Waals surface area contributed by atoms with Crippen LogP contribution in [0, 0.1) is 22.9 Å². The maximum atomic E-state index is 12.7. The molecule has 0 bridgehead atoms. The van der Waals surface area contributed by atoms with E-state index in [0.29, 0.717) is 5.56 Å². The van der Waals surface area contributed by atoms with Gasteiger partial charge in [0.1, 0.15) is 11.4 Å².